The van der Waals surface area contributed by atoms with Crippen molar-refractivity contribution in [2.75, 3.05) is 7.11 Å². The number of methoxy groups -OCH3 is 1. The number of fused-ring (bicyclic) bond motifs is 3. The molecule has 0 spiro atoms. The first-order chi connectivity index (χ1) is 16.2. The number of para-hydroxylation sites is 2. The first-order valence-corrected chi connectivity index (χ1v) is 11.8. The monoisotopic (exact) mass is 711 g/mol. The maximum atomic E-state index is 13.2. The smallest absolute Gasteiger partial charge is 0.305 e. The molecule has 2 aromatic carbocycles. The number of ketones is 1. The van der Waals surface area contributed by atoms with Gasteiger partial charge in [-0.2, -0.15) is 0 Å². The molecule has 1 saturated carbocycles. The van der Waals surface area contributed by atoms with Crippen molar-refractivity contribution in [3.05, 3.63) is 70.8 Å². The number of aliphatic hydroxyl groups is 1. The van der Waals surface area contributed by atoms with Gasteiger partial charge in [0.05, 0.1) is 18.2 Å². The molecule has 35 heavy (non-hydrogen) atoms. The SMILES string of the molecule is COC(=O)CCc1cccc2c1O[C@H]1C[C@@H](O)[C@H](/C=C(\Cl)C(=O)C(C)(C)Oc3ccccc3)[C@@H]21.[Ac]. The van der Waals surface area contributed by atoms with Crippen molar-refractivity contribution in [1.29, 1.82) is 0 Å². The largest absolute Gasteiger partial charge is 0.489 e. The normalized spacial score (nSPS) is 22.9. The number of Topliss-reactive ketones (excluding diaryl/α,β-unsaturated/α-hetero) is 1. The Morgan fingerprint density at radius 2 is 1.89 bits per heavy atom. The molecule has 4 rings (SSSR count). The fourth-order valence-corrected chi connectivity index (χ4v) is 5.21. The minimum absolute atomic E-state index is 0. The molecule has 1 radical (unpaired) electrons. The number of halogens is 1. The van der Waals surface area contributed by atoms with Crippen molar-refractivity contribution in [3.8, 4) is 11.5 Å². The quantitative estimate of drug-likeness (QED) is 0.320. The zero-order valence-electron chi connectivity index (χ0n) is 20.1. The van der Waals surface area contributed by atoms with Crippen molar-refractivity contribution in [3.63, 3.8) is 0 Å². The predicted molar refractivity (Wildman–Crippen MR) is 128 cm³/mol. The summed E-state index contributed by atoms with van der Waals surface area (Å²) in [6, 6.07) is 14.9. The van der Waals surface area contributed by atoms with Crippen LogP contribution >= 0.6 is 11.6 Å². The van der Waals surface area contributed by atoms with E-state index in [4.69, 9.17) is 25.8 Å². The summed E-state index contributed by atoms with van der Waals surface area (Å²) in [5.74, 6) is 0.164. The average Bonchev–Trinajstić information content (AvgIpc) is 3.32. The summed E-state index contributed by atoms with van der Waals surface area (Å²) < 4.78 is 16.9. The third-order valence-electron chi connectivity index (χ3n) is 6.53. The van der Waals surface area contributed by atoms with E-state index < -0.39 is 11.7 Å². The van der Waals surface area contributed by atoms with Gasteiger partial charge in [0.1, 0.15) is 17.6 Å². The first kappa shape index (κ1) is 28.2. The number of hydrogen-bond acceptors (Lipinski definition) is 6. The maximum absolute atomic E-state index is 13.2. The van der Waals surface area contributed by atoms with Crippen LogP contribution in [-0.2, 0) is 20.7 Å². The number of aliphatic hydroxyl groups excluding tert-OH is 1. The molecule has 1 fully saturated rings. The molecule has 1 aliphatic carbocycles. The molecule has 6 nitrogen and oxygen atoms in total. The summed E-state index contributed by atoms with van der Waals surface area (Å²) in [6.45, 7) is 3.35. The van der Waals surface area contributed by atoms with E-state index in [9.17, 15) is 14.7 Å². The van der Waals surface area contributed by atoms with Crippen LogP contribution in [0.3, 0.4) is 0 Å². The van der Waals surface area contributed by atoms with Gasteiger partial charge in [0.25, 0.3) is 0 Å². The Balaban J connectivity index is 0.00000342. The molecular formula is C27H29AcClO6. The van der Waals surface area contributed by atoms with Gasteiger partial charge in [-0.05, 0) is 38.0 Å². The number of esters is 1. The summed E-state index contributed by atoms with van der Waals surface area (Å²) in [4.78, 5) is 24.7. The van der Waals surface area contributed by atoms with E-state index in [2.05, 4.69) is 0 Å². The fourth-order valence-electron chi connectivity index (χ4n) is 4.83. The van der Waals surface area contributed by atoms with Crippen LogP contribution < -0.4 is 9.47 Å². The molecule has 0 aromatic heterocycles. The van der Waals surface area contributed by atoms with Crippen LogP contribution in [0.2, 0.25) is 0 Å². The standard InChI is InChI=1S/C27H29ClO6.Ac/c1-27(2,34-17-9-5-4-6-10-17)26(31)20(28)14-19-21(29)15-22-24(19)18-11-7-8-16(25(18)33-22)12-13-23(30)32-3;/h4-11,14,19,21-22,24,29H,12-13,15H2,1-3H3;/b20-14-;/t19-,21+,22-,24+;/m0./s1. The molecule has 0 saturated heterocycles. The Hall–Kier alpha value is -1.39. The van der Waals surface area contributed by atoms with E-state index in [1.807, 2.05) is 36.4 Å². The topological polar surface area (TPSA) is 82.1 Å². The van der Waals surface area contributed by atoms with Crippen LogP contribution in [0.5, 0.6) is 11.5 Å². The van der Waals surface area contributed by atoms with Gasteiger partial charge in [0.15, 0.2) is 5.60 Å². The third-order valence-corrected chi connectivity index (χ3v) is 6.83. The summed E-state index contributed by atoms with van der Waals surface area (Å²) in [6.07, 6.45) is 1.92. The molecule has 4 atom stereocenters. The molecule has 0 bridgehead atoms. The van der Waals surface area contributed by atoms with Gasteiger partial charge in [-0.25, -0.2) is 0 Å². The van der Waals surface area contributed by atoms with Gasteiger partial charge in [0, 0.05) is 74.3 Å². The summed E-state index contributed by atoms with van der Waals surface area (Å²) in [7, 11) is 1.37. The van der Waals surface area contributed by atoms with Crippen molar-refractivity contribution >= 4 is 23.4 Å². The van der Waals surface area contributed by atoms with Crippen molar-refractivity contribution < 1.29 is 73.0 Å². The molecule has 183 valence electrons. The minimum Gasteiger partial charge on any atom is -0.489 e. The number of carbonyl (C=O) groups excluding carboxylic acids is 2. The Bertz CT molecular complexity index is 1100. The molecule has 2 aromatic rings. The van der Waals surface area contributed by atoms with Crippen molar-refractivity contribution in [2.45, 2.75) is 56.8 Å². The van der Waals surface area contributed by atoms with Crippen LogP contribution in [-0.4, -0.2) is 41.8 Å². The Kier molecular flexibility index (Phi) is 9.48. The van der Waals surface area contributed by atoms with Crippen LogP contribution in [0.1, 0.15) is 43.7 Å². The number of benzene rings is 2. The Morgan fingerprint density at radius 3 is 2.57 bits per heavy atom. The molecule has 1 heterocycles. The summed E-state index contributed by atoms with van der Waals surface area (Å²) in [5.41, 5.74) is 0.708. The number of rotatable bonds is 8. The fraction of sp³-hybridized carbons (Fsp3) is 0.407. The summed E-state index contributed by atoms with van der Waals surface area (Å²) >= 11 is 6.50. The molecular weight excluding hydrogens is 683 g/mol. The van der Waals surface area contributed by atoms with Crippen LogP contribution in [0, 0.1) is 50.0 Å². The Labute approximate surface area is 246 Å². The average molecular weight is 712 g/mol. The van der Waals surface area contributed by atoms with Crippen LogP contribution in [0.25, 0.3) is 0 Å². The molecule has 0 unspecified atom stereocenters. The molecule has 1 aliphatic heterocycles. The van der Waals surface area contributed by atoms with Gasteiger partial charge in [0.2, 0.25) is 5.78 Å². The first-order valence-electron chi connectivity index (χ1n) is 11.4. The van der Waals surface area contributed by atoms with Gasteiger partial charge in [-0.15, -0.1) is 0 Å². The third kappa shape index (κ3) is 6.13. The molecule has 2 aliphatic rings. The van der Waals surface area contributed by atoms with E-state index in [1.165, 1.54) is 7.11 Å². The van der Waals surface area contributed by atoms with E-state index in [-0.39, 0.29) is 85.2 Å². The van der Waals surface area contributed by atoms with Gasteiger partial charge in [-0.3, -0.25) is 9.59 Å². The second kappa shape index (κ2) is 11.8. The molecule has 1 N–H and O–H groups in total. The molecule has 0 amide bonds. The number of hydrogen-bond donors (Lipinski definition) is 1. The van der Waals surface area contributed by atoms with E-state index in [1.54, 1.807) is 32.1 Å². The zero-order valence-corrected chi connectivity index (χ0v) is 25.6. The zero-order chi connectivity index (χ0) is 24.5. The van der Waals surface area contributed by atoms with E-state index in [0.29, 0.717) is 18.6 Å². The second-order valence-electron chi connectivity index (χ2n) is 9.24. The predicted octanol–water partition coefficient (Wildman–Crippen LogP) is 4.57. The van der Waals surface area contributed by atoms with Crippen molar-refractivity contribution in [1.82, 2.24) is 0 Å². The van der Waals surface area contributed by atoms with E-state index in [0.717, 1.165) is 16.9 Å². The number of ether oxygens (including phenoxy) is 3. The molecule has 8 heteroatoms. The van der Waals surface area contributed by atoms with E-state index >= 15 is 0 Å². The van der Waals surface area contributed by atoms with Crippen molar-refractivity contribution in [2.24, 2.45) is 5.92 Å². The van der Waals surface area contributed by atoms with Gasteiger partial charge < -0.3 is 19.3 Å². The second-order valence-corrected chi connectivity index (χ2v) is 9.65. The van der Waals surface area contributed by atoms with Crippen LogP contribution in [0.15, 0.2) is 59.6 Å². The Morgan fingerprint density at radius 1 is 1.17 bits per heavy atom. The number of carbonyl (C=O) groups is 2. The van der Waals surface area contributed by atoms with Gasteiger partial charge in [-0.1, -0.05) is 54.1 Å². The van der Waals surface area contributed by atoms with Gasteiger partial charge >= 0.3 is 5.97 Å². The maximum Gasteiger partial charge on any atom is 0.305 e. The minimum atomic E-state index is -1.18. The van der Waals surface area contributed by atoms with Crippen LogP contribution in [0.4, 0.5) is 0 Å². The summed E-state index contributed by atoms with van der Waals surface area (Å²) in [5, 5.41) is 10.8. The number of aryl methyl sites for hydroxylation is 1.